The van der Waals surface area contributed by atoms with Gasteiger partial charge >= 0.3 is 0 Å². The van der Waals surface area contributed by atoms with Gasteiger partial charge in [-0.05, 0) is 72.2 Å². The Bertz CT molecular complexity index is 1040. The molecule has 1 aromatic heterocycles. The van der Waals surface area contributed by atoms with Gasteiger partial charge < -0.3 is 5.32 Å². The van der Waals surface area contributed by atoms with E-state index in [1.807, 2.05) is 39.0 Å². The summed E-state index contributed by atoms with van der Waals surface area (Å²) in [5.74, 6) is 0.111. The van der Waals surface area contributed by atoms with Crippen LogP contribution in [0.3, 0.4) is 0 Å². The number of aromatic nitrogens is 4. The monoisotopic (exact) mass is 395 g/mol. The van der Waals surface area contributed by atoms with Crippen molar-refractivity contribution in [3.63, 3.8) is 0 Å². The number of thioether (sulfide) groups is 1. The molecule has 3 rings (SSSR count). The first-order chi connectivity index (χ1) is 13.3. The van der Waals surface area contributed by atoms with Crippen molar-refractivity contribution in [1.29, 1.82) is 0 Å². The molecule has 0 aliphatic rings. The molecule has 144 valence electrons. The highest BCUT2D eigenvalue weighted by atomic mass is 32.2. The number of tetrazole rings is 1. The molecule has 2 aromatic carbocycles. The summed E-state index contributed by atoms with van der Waals surface area (Å²) in [5.41, 5.74) is 5.31. The molecule has 28 heavy (non-hydrogen) atoms. The number of hydrogen-bond donors (Lipinski definition) is 1. The quantitative estimate of drug-likeness (QED) is 0.507. The summed E-state index contributed by atoms with van der Waals surface area (Å²) in [6, 6.07) is 11.2. The Morgan fingerprint density at radius 3 is 2.57 bits per heavy atom. The van der Waals surface area contributed by atoms with E-state index in [1.54, 1.807) is 22.9 Å². The number of carbonyl (C=O) groups excluding carboxylic acids is 2. The summed E-state index contributed by atoms with van der Waals surface area (Å²) >= 11 is 1.28. The van der Waals surface area contributed by atoms with Crippen LogP contribution >= 0.6 is 11.8 Å². The van der Waals surface area contributed by atoms with Crippen molar-refractivity contribution in [2.24, 2.45) is 0 Å². The van der Waals surface area contributed by atoms with E-state index < -0.39 is 0 Å². The first-order valence-corrected chi connectivity index (χ1v) is 9.74. The van der Waals surface area contributed by atoms with Crippen LogP contribution < -0.4 is 5.32 Å². The smallest absolute Gasteiger partial charge is 0.221 e. The van der Waals surface area contributed by atoms with Gasteiger partial charge in [-0.25, -0.2) is 0 Å². The van der Waals surface area contributed by atoms with Crippen LogP contribution in [-0.2, 0) is 4.79 Å². The highest BCUT2D eigenvalue weighted by Crippen LogP contribution is 2.23. The SMILES string of the molecule is CC(=O)Nc1cccc(-n2nnnc2SCC(=O)c2cc(C)c(C)cc2C)c1. The van der Waals surface area contributed by atoms with Gasteiger partial charge in [0.1, 0.15) is 0 Å². The third kappa shape index (κ3) is 4.45. The Balaban J connectivity index is 1.77. The second-order valence-corrected chi connectivity index (χ2v) is 7.51. The van der Waals surface area contributed by atoms with Gasteiger partial charge in [0.05, 0.1) is 11.4 Å². The lowest BCUT2D eigenvalue weighted by molar-refractivity contribution is -0.114. The summed E-state index contributed by atoms with van der Waals surface area (Å²) in [7, 11) is 0. The molecular formula is C20H21N5O2S. The number of ketones is 1. The van der Waals surface area contributed by atoms with Crippen molar-refractivity contribution < 1.29 is 9.59 Å². The minimum atomic E-state index is -0.155. The van der Waals surface area contributed by atoms with Gasteiger partial charge in [-0.3, -0.25) is 9.59 Å². The molecule has 0 spiro atoms. The van der Waals surface area contributed by atoms with Crippen LogP contribution in [0.2, 0.25) is 0 Å². The first-order valence-electron chi connectivity index (χ1n) is 8.75. The number of hydrogen-bond acceptors (Lipinski definition) is 6. The minimum absolute atomic E-state index is 0.0344. The second kappa shape index (κ2) is 8.35. The topological polar surface area (TPSA) is 89.8 Å². The van der Waals surface area contributed by atoms with Gasteiger partial charge in [0.15, 0.2) is 5.78 Å². The van der Waals surface area contributed by atoms with Crippen molar-refractivity contribution in [3.05, 3.63) is 58.7 Å². The average molecular weight is 395 g/mol. The summed E-state index contributed by atoms with van der Waals surface area (Å²) in [6.45, 7) is 7.43. The number of carbonyl (C=O) groups is 2. The number of anilines is 1. The standard InChI is InChI=1S/C20H21N5O2S/c1-12-8-14(3)18(9-13(12)2)19(27)11-28-20-22-23-24-25(20)17-7-5-6-16(10-17)21-15(4)26/h5-10H,11H2,1-4H3,(H,21,26). The summed E-state index contributed by atoms with van der Waals surface area (Å²) in [6.07, 6.45) is 0. The largest absolute Gasteiger partial charge is 0.326 e. The van der Waals surface area contributed by atoms with Crippen LogP contribution in [-0.4, -0.2) is 37.7 Å². The molecule has 0 saturated heterocycles. The van der Waals surface area contributed by atoms with Gasteiger partial charge in [-0.2, -0.15) is 4.68 Å². The molecule has 0 atom stereocenters. The lowest BCUT2D eigenvalue weighted by Gasteiger charge is -2.09. The van der Waals surface area contributed by atoms with Crippen LogP contribution in [0.4, 0.5) is 5.69 Å². The molecule has 0 aliphatic heterocycles. The zero-order chi connectivity index (χ0) is 20.3. The highest BCUT2D eigenvalue weighted by Gasteiger charge is 2.15. The highest BCUT2D eigenvalue weighted by molar-refractivity contribution is 7.99. The number of aryl methyl sites for hydroxylation is 3. The van der Waals surface area contributed by atoms with Crippen LogP contribution in [0, 0.1) is 20.8 Å². The maximum Gasteiger partial charge on any atom is 0.221 e. The van der Waals surface area contributed by atoms with Gasteiger partial charge in [0.25, 0.3) is 0 Å². The van der Waals surface area contributed by atoms with Gasteiger partial charge in [0.2, 0.25) is 11.1 Å². The second-order valence-electron chi connectivity index (χ2n) is 6.57. The van der Waals surface area contributed by atoms with E-state index >= 15 is 0 Å². The fourth-order valence-corrected chi connectivity index (χ4v) is 3.59. The molecule has 0 radical (unpaired) electrons. The fourth-order valence-electron chi connectivity index (χ4n) is 2.82. The van der Waals surface area contributed by atoms with Gasteiger partial charge in [0, 0.05) is 18.2 Å². The first kappa shape index (κ1) is 19.8. The van der Waals surface area contributed by atoms with Crippen molar-refractivity contribution >= 4 is 29.1 Å². The molecule has 0 aliphatic carbocycles. The number of nitrogens with zero attached hydrogens (tertiary/aromatic N) is 4. The van der Waals surface area contributed by atoms with Crippen molar-refractivity contribution in [1.82, 2.24) is 20.2 Å². The van der Waals surface area contributed by atoms with Crippen molar-refractivity contribution in [2.45, 2.75) is 32.9 Å². The number of nitrogens with one attached hydrogen (secondary N) is 1. The van der Waals surface area contributed by atoms with Crippen molar-refractivity contribution in [3.8, 4) is 5.69 Å². The molecule has 0 bridgehead atoms. The van der Waals surface area contributed by atoms with Crippen LogP contribution in [0.25, 0.3) is 5.69 Å². The Hall–Kier alpha value is -3.00. The zero-order valence-electron chi connectivity index (χ0n) is 16.2. The molecule has 1 heterocycles. The van der Waals surface area contributed by atoms with E-state index in [0.29, 0.717) is 16.5 Å². The van der Waals surface area contributed by atoms with E-state index in [4.69, 9.17) is 0 Å². The summed E-state index contributed by atoms with van der Waals surface area (Å²) < 4.78 is 1.55. The number of amides is 1. The molecule has 1 amide bonds. The third-order valence-corrected chi connectivity index (χ3v) is 5.24. The van der Waals surface area contributed by atoms with Crippen LogP contribution in [0.15, 0.2) is 41.6 Å². The molecule has 3 aromatic rings. The Labute approximate surface area is 167 Å². The van der Waals surface area contributed by atoms with Crippen LogP contribution in [0.1, 0.15) is 34.0 Å². The fraction of sp³-hybridized carbons (Fsp3) is 0.250. The summed E-state index contributed by atoms with van der Waals surface area (Å²) in [5, 5.41) is 15.0. The van der Waals surface area contributed by atoms with E-state index in [1.165, 1.54) is 24.2 Å². The molecular weight excluding hydrogens is 374 g/mol. The maximum atomic E-state index is 12.7. The van der Waals surface area contributed by atoms with E-state index in [9.17, 15) is 9.59 Å². The Morgan fingerprint density at radius 1 is 1.07 bits per heavy atom. The lowest BCUT2D eigenvalue weighted by Crippen LogP contribution is -2.08. The molecule has 0 unspecified atom stereocenters. The van der Waals surface area contributed by atoms with E-state index in [-0.39, 0.29) is 17.4 Å². The molecule has 1 N–H and O–H groups in total. The van der Waals surface area contributed by atoms with Crippen molar-refractivity contribution in [2.75, 3.05) is 11.1 Å². The third-order valence-electron chi connectivity index (χ3n) is 4.33. The minimum Gasteiger partial charge on any atom is -0.326 e. The van der Waals surface area contributed by atoms with Crippen LogP contribution in [0.5, 0.6) is 0 Å². The number of Topliss-reactive ketones (excluding diaryl/α,β-unsaturated/α-hetero) is 1. The molecule has 0 saturated carbocycles. The molecule has 0 fully saturated rings. The number of rotatable bonds is 6. The predicted molar refractivity (Wildman–Crippen MR) is 109 cm³/mol. The normalized spacial score (nSPS) is 10.7. The Kier molecular flexibility index (Phi) is 5.89. The average Bonchev–Trinajstić information content (AvgIpc) is 3.11. The molecule has 8 heteroatoms. The molecule has 7 nitrogen and oxygen atoms in total. The Morgan fingerprint density at radius 2 is 1.82 bits per heavy atom. The summed E-state index contributed by atoms with van der Waals surface area (Å²) in [4.78, 5) is 24.0. The van der Waals surface area contributed by atoms with E-state index in [0.717, 1.165) is 16.7 Å². The maximum absolute atomic E-state index is 12.7. The predicted octanol–water partition coefficient (Wildman–Crippen LogP) is 3.52. The van der Waals surface area contributed by atoms with E-state index in [2.05, 4.69) is 20.8 Å². The van der Waals surface area contributed by atoms with Gasteiger partial charge in [-0.15, -0.1) is 5.10 Å². The lowest BCUT2D eigenvalue weighted by atomic mass is 9.99. The van der Waals surface area contributed by atoms with Gasteiger partial charge in [-0.1, -0.05) is 23.9 Å². The number of benzene rings is 2. The zero-order valence-corrected chi connectivity index (χ0v) is 17.0.